The maximum atomic E-state index is 13.6. The molecule has 1 amide bonds. The Bertz CT molecular complexity index is 1090. The van der Waals surface area contributed by atoms with Gasteiger partial charge >= 0.3 is 17.9 Å². The van der Waals surface area contributed by atoms with E-state index in [2.05, 4.69) is 0 Å². The zero-order valence-electron chi connectivity index (χ0n) is 20.5. The molecule has 3 rings (SSSR count). The van der Waals surface area contributed by atoms with Gasteiger partial charge in [0, 0.05) is 24.9 Å². The van der Waals surface area contributed by atoms with Crippen LogP contribution < -0.4 is 4.90 Å². The van der Waals surface area contributed by atoms with Crippen molar-refractivity contribution in [1.29, 1.82) is 0 Å². The minimum atomic E-state index is -1.82. The lowest BCUT2D eigenvalue weighted by molar-refractivity contribution is -0.159. The first kappa shape index (κ1) is 28.8. The number of anilines is 1. The van der Waals surface area contributed by atoms with Gasteiger partial charge < -0.3 is 29.9 Å². The Hall–Kier alpha value is -3.41. The number of nitrogens with zero attached hydrogens (tertiary/aromatic N) is 2. The van der Waals surface area contributed by atoms with Crippen molar-refractivity contribution in [2.75, 3.05) is 32.1 Å². The van der Waals surface area contributed by atoms with E-state index in [4.69, 9.17) is 24.5 Å². The molecule has 0 saturated heterocycles. The SMILES string of the molecule is CC(=O)O[C@@H]1C(=O)N(CCN(C)C)c2ccc(CO)cc2S[C@@H]1c1ccc(C)cc1.O=C(O)C(=O)O. The quantitative estimate of drug-likeness (QED) is 0.385. The molecular formula is C25H30N2O8S. The molecule has 0 spiro atoms. The summed E-state index contributed by atoms with van der Waals surface area (Å²) in [6.07, 6.45) is -0.942. The zero-order chi connectivity index (χ0) is 27.0. The highest BCUT2D eigenvalue weighted by Crippen LogP contribution is 2.47. The number of thioether (sulfide) groups is 1. The van der Waals surface area contributed by atoms with E-state index in [0.717, 1.165) is 27.3 Å². The van der Waals surface area contributed by atoms with E-state index in [1.54, 1.807) is 4.90 Å². The summed E-state index contributed by atoms with van der Waals surface area (Å²) >= 11 is 1.49. The minimum absolute atomic E-state index is 0.0813. The molecule has 3 N–H and O–H groups in total. The molecule has 1 heterocycles. The van der Waals surface area contributed by atoms with E-state index in [9.17, 15) is 14.7 Å². The molecule has 2 aromatic carbocycles. The van der Waals surface area contributed by atoms with Gasteiger partial charge in [0.25, 0.3) is 5.91 Å². The van der Waals surface area contributed by atoms with Gasteiger partial charge in [-0.3, -0.25) is 9.59 Å². The number of carboxylic acid groups (broad SMARTS) is 2. The van der Waals surface area contributed by atoms with E-state index < -0.39 is 24.0 Å². The number of carboxylic acids is 2. The molecule has 36 heavy (non-hydrogen) atoms. The van der Waals surface area contributed by atoms with Crippen molar-refractivity contribution in [2.45, 2.75) is 36.7 Å². The summed E-state index contributed by atoms with van der Waals surface area (Å²) in [5.41, 5.74) is 3.58. The fourth-order valence-corrected chi connectivity index (χ4v) is 4.78. The van der Waals surface area contributed by atoms with Crippen LogP contribution in [0.1, 0.15) is 28.9 Å². The van der Waals surface area contributed by atoms with Crippen molar-refractivity contribution in [1.82, 2.24) is 4.90 Å². The van der Waals surface area contributed by atoms with Crippen molar-refractivity contribution >= 4 is 41.3 Å². The molecule has 2 atom stereocenters. The van der Waals surface area contributed by atoms with Crippen LogP contribution in [0.5, 0.6) is 0 Å². The summed E-state index contributed by atoms with van der Waals surface area (Å²) in [5, 5.41) is 24.0. The van der Waals surface area contributed by atoms with Gasteiger partial charge in [0.15, 0.2) is 6.10 Å². The number of amides is 1. The maximum Gasteiger partial charge on any atom is 0.414 e. The van der Waals surface area contributed by atoms with E-state index in [-0.39, 0.29) is 17.8 Å². The molecule has 194 valence electrons. The average molecular weight is 519 g/mol. The van der Waals surface area contributed by atoms with Crippen LogP contribution in [0.2, 0.25) is 0 Å². The highest BCUT2D eigenvalue weighted by atomic mass is 32.2. The molecule has 0 bridgehead atoms. The molecular weight excluding hydrogens is 488 g/mol. The molecule has 0 fully saturated rings. The third-order valence-corrected chi connectivity index (χ3v) is 6.54. The number of ether oxygens (including phenoxy) is 1. The Labute approximate surface area is 213 Å². The second kappa shape index (κ2) is 13.1. The number of likely N-dealkylation sites (N-methyl/N-ethyl adjacent to an activating group) is 1. The molecule has 0 unspecified atom stereocenters. The standard InChI is InChI=1S/C23H28N2O4S.C2H2O4/c1-15-5-8-18(9-6-15)22-21(29-16(2)27)23(28)25(12-11-24(3)4)19-10-7-17(14-26)13-20(19)30-22;3-1(4)2(5)6/h5-10,13,21-22,26H,11-12,14H2,1-4H3;(H,3,4)(H,5,6)/t21-,22+;/m0./s1. The summed E-state index contributed by atoms with van der Waals surface area (Å²) < 4.78 is 5.59. The number of carbonyl (C=O) groups is 4. The van der Waals surface area contributed by atoms with E-state index >= 15 is 0 Å². The average Bonchev–Trinajstić information content (AvgIpc) is 2.92. The van der Waals surface area contributed by atoms with Gasteiger partial charge in [0.2, 0.25) is 0 Å². The maximum absolute atomic E-state index is 13.6. The van der Waals surface area contributed by atoms with Crippen molar-refractivity contribution in [3.63, 3.8) is 0 Å². The fourth-order valence-electron chi connectivity index (χ4n) is 3.40. The third-order valence-electron chi connectivity index (χ3n) is 5.19. The van der Waals surface area contributed by atoms with Crippen molar-refractivity contribution in [3.05, 3.63) is 59.2 Å². The van der Waals surface area contributed by atoms with Crippen LogP contribution in [0.25, 0.3) is 0 Å². The Kier molecular flexibility index (Phi) is 10.5. The number of hydrogen-bond donors (Lipinski definition) is 3. The van der Waals surface area contributed by atoms with E-state index in [0.29, 0.717) is 13.1 Å². The lowest BCUT2D eigenvalue weighted by Gasteiger charge is -2.28. The topological polar surface area (TPSA) is 145 Å². The number of aliphatic carboxylic acids is 2. The number of benzene rings is 2. The van der Waals surface area contributed by atoms with E-state index in [1.807, 2.05) is 68.4 Å². The summed E-state index contributed by atoms with van der Waals surface area (Å²) in [7, 11) is 3.90. The van der Waals surface area contributed by atoms with Gasteiger partial charge in [-0.25, -0.2) is 9.59 Å². The molecule has 0 aromatic heterocycles. The second-order valence-electron chi connectivity index (χ2n) is 8.34. The second-order valence-corrected chi connectivity index (χ2v) is 9.53. The number of esters is 1. The molecule has 11 heteroatoms. The number of aryl methyl sites for hydroxylation is 1. The summed E-state index contributed by atoms with van der Waals surface area (Å²) in [6.45, 7) is 4.39. The monoisotopic (exact) mass is 518 g/mol. The minimum Gasteiger partial charge on any atom is -0.473 e. The Balaban J connectivity index is 0.000000678. The van der Waals surface area contributed by atoms with Crippen LogP contribution in [0.4, 0.5) is 5.69 Å². The van der Waals surface area contributed by atoms with Crippen LogP contribution in [-0.4, -0.2) is 77.3 Å². The smallest absolute Gasteiger partial charge is 0.414 e. The highest BCUT2D eigenvalue weighted by Gasteiger charge is 2.40. The molecule has 2 aromatic rings. The predicted molar refractivity (Wildman–Crippen MR) is 134 cm³/mol. The van der Waals surface area contributed by atoms with Crippen molar-refractivity contribution in [3.8, 4) is 0 Å². The van der Waals surface area contributed by atoms with Crippen LogP contribution in [-0.2, 0) is 30.5 Å². The molecule has 10 nitrogen and oxygen atoms in total. The lowest BCUT2D eigenvalue weighted by atomic mass is 10.0. The fraction of sp³-hybridized carbons (Fsp3) is 0.360. The van der Waals surface area contributed by atoms with Gasteiger partial charge in [-0.05, 0) is 44.3 Å². The number of rotatable bonds is 6. The van der Waals surface area contributed by atoms with E-state index in [1.165, 1.54) is 18.7 Å². The van der Waals surface area contributed by atoms with Gasteiger partial charge in [0.05, 0.1) is 17.5 Å². The zero-order valence-corrected chi connectivity index (χ0v) is 21.3. The van der Waals surface area contributed by atoms with Crippen LogP contribution >= 0.6 is 11.8 Å². The molecule has 1 aliphatic rings. The normalized spacial score (nSPS) is 16.9. The summed E-state index contributed by atoms with van der Waals surface area (Å²) in [5.74, 6) is -4.37. The first-order valence-electron chi connectivity index (χ1n) is 11.0. The largest absolute Gasteiger partial charge is 0.473 e. The highest BCUT2D eigenvalue weighted by molar-refractivity contribution is 7.99. The number of hydrogen-bond acceptors (Lipinski definition) is 8. The number of fused-ring (bicyclic) bond motifs is 1. The summed E-state index contributed by atoms with van der Waals surface area (Å²) in [4.78, 5) is 48.3. The van der Waals surface area contributed by atoms with Crippen LogP contribution in [0.15, 0.2) is 47.4 Å². The van der Waals surface area contributed by atoms with Gasteiger partial charge in [-0.1, -0.05) is 35.9 Å². The first-order chi connectivity index (χ1) is 16.9. The van der Waals surface area contributed by atoms with Gasteiger partial charge in [-0.15, -0.1) is 11.8 Å². The lowest BCUT2D eigenvalue weighted by Crippen LogP contribution is -2.45. The van der Waals surface area contributed by atoms with Crippen LogP contribution in [0.3, 0.4) is 0 Å². The Morgan fingerprint density at radius 1 is 1.06 bits per heavy atom. The van der Waals surface area contributed by atoms with Crippen molar-refractivity contribution in [2.24, 2.45) is 0 Å². The molecule has 1 aliphatic heterocycles. The third kappa shape index (κ3) is 7.80. The Morgan fingerprint density at radius 3 is 2.17 bits per heavy atom. The first-order valence-corrected chi connectivity index (χ1v) is 11.9. The summed E-state index contributed by atoms with van der Waals surface area (Å²) in [6, 6.07) is 13.5. The number of aliphatic hydroxyl groups excluding tert-OH is 1. The van der Waals surface area contributed by atoms with Crippen molar-refractivity contribution < 1.29 is 39.2 Å². The predicted octanol–water partition coefficient (Wildman–Crippen LogP) is 2.32. The molecule has 0 saturated carbocycles. The van der Waals surface area contributed by atoms with Gasteiger partial charge in [0.1, 0.15) is 0 Å². The van der Waals surface area contributed by atoms with Gasteiger partial charge in [-0.2, -0.15) is 0 Å². The molecule has 0 aliphatic carbocycles. The number of carbonyl (C=O) groups excluding carboxylic acids is 2. The number of aliphatic hydroxyl groups is 1. The molecule has 0 radical (unpaired) electrons. The Morgan fingerprint density at radius 2 is 1.67 bits per heavy atom. The van der Waals surface area contributed by atoms with Crippen LogP contribution in [0, 0.1) is 6.92 Å².